The van der Waals surface area contributed by atoms with Crippen LogP contribution in [0.1, 0.15) is 45.1 Å². The van der Waals surface area contributed by atoms with Crippen molar-refractivity contribution in [3.05, 3.63) is 29.8 Å². The molecule has 0 fully saturated rings. The van der Waals surface area contributed by atoms with Crippen molar-refractivity contribution >= 4 is 11.6 Å². The largest absolute Gasteiger partial charge is 0.378 e. The number of rotatable bonds is 9. The number of carbonyl (C=O) groups is 1. The van der Waals surface area contributed by atoms with Crippen molar-refractivity contribution in [2.75, 3.05) is 25.5 Å². The van der Waals surface area contributed by atoms with E-state index in [4.69, 9.17) is 0 Å². The van der Waals surface area contributed by atoms with E-state index in [1.54, 1.807) is 0 Å². The average Bonchev–Trinajstić information content (AvgIpc) is 2.44. The van der Waals surface area contributed by atoms with Crippen LogP contribution in [-0.2, 0) is 11.2 Å². The lowest BCUT2D eigenvalue weighted by atomic mass is 10.0. The molecule has 0 radical (unpaired) electrons. The second-order valence-electron chi connectivity index (χ2n) is 6.11. The zero-order valence-corrected chi connectivity index (χ0v) is 14.0. The van der Waals surface area contributed by atoms with Gasteiger partial charge in [-0.2, -0.15) is 0 Å². The predicted molar refractivity (Wildman–Crippen MR) is 90.8 cm³/mol. The van der Waals surface area contributed by atoms with Gasteiger partial charge in [0, 0.05) is 32.7 Å². The molecule has 0 spiro atoms. The molecule has 0 aliphatic heterocycles. The van der Waals surface area contributed by atoms with E-state index in [2.05, 4.69) is 48.3 Å². The Kier molecular flexibility index (Phi) is 7.88. The lowest BCUT2D eigenvalue weighted by Crippen LogP contribution is -2.26. The molecule has 3 nitrogen and oxygen atoms in total. The SMILES string of the molecule is CCCC(C)CC(=O)NCCCc1ccc(N(C)C)cc1. The minimum atomic E-state index is 0.193. The summed E-state index contributed by atoms with van der Waals surface area (Å²) in [6.45, 7) is 5.08. The van der Waals surface area contributed by atoms with Crippen LogP contribution in [0.2, 0.25) is 0 Å². The minimum Gasteiger partial charge on any atom is -0.378 e. The van der Waals surface area contributed by atoms with Crippen LogP contribution in [0, 0.1) is 5.92 Å². The summed E-state index contributed by atoms with van der Waals surface area (Å²) in [5.41, 5.74) is 2.55. The molecule has 0 aliphatic carbocycles. The van der Waals surface area contributed by atoms with Crippen LogP contribution >= 0.6 is 0 Å². The number of hydrogen-bond acceptors (Lipinski definition) is 2. The van der Waals surface area contributed by atoms with E-state index in [1.807, 2.05) is 14.1 Å². The third kappa shape index (κ3) is 7.16. The van der Waals surface area contributed by atoms with Gasteiger partial charge < -0.3 is 10.2 Å². The Morgan fingerprint density at radius 3 is 2.48 bits per heavy atom. The van der Waals surface area contributed by atoms with Gasteiger partial charge in [-0.3, -0.25) is 4.79 Å². The van der Waals surface area contributed by atoms with Crippen LogP contribution in [0.25, 0.3) is 0 Å². The first kappa shape index (κ1) is 17.5. The Morgan fingerprint density at radius 1 is 1.24 bits per heavy atom. The van der Waals surface area contributed by atoms with Crippen molar-refractivity contribution in [3.63, 3.8) is 0 Å². The quantitative estimate of drug-likeness (QED) is 0.704. The number of nitrogens with one attached hydrogen (secondary N) is 1. The lowest BCUT2D eigenvalue weighted by molar-refractivity contribution is -0.121. The fraction of sp³-hybridized carbons (Fsp3) is 0.611. The molecular formula is C18H30N2O. The third-order valence-electron chi connectivity index (χ3n) is 3.73. The Morgan fingerprint density at radius 2 is 1.90 bits per heavy atom. The van der Waals surface area contributed by atoms with Crippen LogP contribution < -0.4 is 10.2 Å². The third-order valence-corrected chi connectivity index (χ3v) is 3.73. The van der Waals surface area contributed by atoms with Crippen molar-refractivity contribution in [2.24, 2.45) is 5.92 Å². The highest BCUT2D eigenvalue weighted by Crippen LogP contribution is 2.13. The summed E-state index contributed by atoms with van der Waals surface area (Å²) < 4.78 is 0. The highest BCUT2D eigenvalue weighted by atomic mass is 16.1. The first-order chi connectivity index (χ1) is 10.0. The number of anilines is 1. The second-order valence-corrected chi connectivity index (χ2v) is 6.11. The molecule has 1 rings (SSSR count). The van der Waals surface area contributed by atoms with Gasteiger partial charge in [0.1, 0.15) is 0 Å². The highest BCUT2D eigenvalue weighted by Gasteiger charge is 2.07. The fourth-order valence-electron chi connectivity index (χ4n) is 2.46. The minimum absolute atomic E-state index is 0.193. The van der Waals surface area contributed by atoms with Crippen LogP contribution in [0.3, 0.4) is 0 Å². The van der Waals surface area contributed by atoms with Gasteiger partial charge in [-0.15, -0.1) is 0 Å². The fourth-order valence-corrected chi connectivity index (χ4v) is 2.46. The van der Waals surface area contributed by atoms with Crippen molar-refractivity contribution in [1.82, 2.24) is 5.32 Å². The van der Waals surface area contributed by atoms with Gasteiger partial charge >= 0.3 is 0 Å². The van der Waals surface area contributed by atoms with Crippen molar-refractivity contribution in [2.45, 2.75) is 46.0 Å². The number of hydrogen-bond donors (Lipinski definition) is 1. The summed E-state index contributed by atoms with van der Waals surface area (Å²) in [5.74, 6) is 0.687. The summed E-state index contributed by atoms with van der Waals surface area (Å²) in [4.78, 5) is 13.8. The molecule has 1 atom stereocenters. The molecule has 0 saturated heterocycles. The summed E-state index contributed by atoms with van der Waals surface area (Å²) in [5, 5.41) is 3.02. The van der Waals surface area contributed by atoms with E-state index in [0.717, 1.165) is 32.2 Å². The average molecular weight is 290 g/mol. The van der Waals surface area contributed by atoms with E-state index in [9.17, 15) is 4.79 Å². The Hall–Kier alpha value is -1.51. The van der Waals surface area contributed by atoms with Crippen LogP contribution in [0.15, 0.2) is 24.3 Å². The van der Waals surface area contributed by atoms with Crippen molar-refractivity contribution in [1.29, 1.82) is 0 Å². The van der Waals surface area contributed by atoms with E-state index in [-0.39, 0.29) is 5.91 Å². The van der Waals surface area contributed by atoms with Gasteiger partial charge in [0.05, 0.1) is 0 Å². The Bertz CT molecular complexity index is 412. The predicted octanol–water partition coefficient (Wildman–Crippen LogP) is 3.63. The zero-order chi connectivity index (χ0) is 15.7. The second kappa shape index (κ2) is 9.43. The molecule has 1 unspecified atom stereocenters. The highest BCUT2D eigenvalue weighted by molar-refractivity contribution is 5.76. The molecule has 1 aromatic carbocycles. The topological polar surface area (TPSA) is 32.3 Å². The van der Waals surface area contributed by atoms with Gasteiger partial charge in [0.2, 0.25) is 5.91 Å². The maximum absolute atomic E-state index is 11.7. The molecule has 3 heteroatoms. The molecule has 118 valence electrons. The van der Waals surface area contributed by atoms with E-state index >= 15 is 0 Å². The number of aryl methyl sites for hydroxylation is 1. The molecule has 0 heterocycles. The van der Waals surface area contributed by atoms with Gasteiger partial charge in [-0.1, -0.05) is 38.8 Å². The maximum Gasteiger partial charge on any atom is 0.220 e. The number of benzene rings is 1. The molecule has 21 heavy (non-hydrogen) atoms. The van der Waals surface area contributed by atoms with Crippen LogP contribution in [-0.4, -0.2) is 26.5 Å². The molecule has 0 saturated carbocycles. The van der Waals surface area contributed by atoms with Gasteiger partial charge in [-0.25, -0.2) is 0 Å². The van der Waals surface area contributed by atoms with E-state index < -0.39 is 0 Å². The molecular weight excluding hydrogens is 260 g/mol. The monoisotopic (exact) mass is 290 g/mol. The molecule has 1 aromatic rings. The molecule has 1 N–H and O–H groups in total. The van der Waals surface area contributed by atoms with Gasteiger partial charge in [-0.05, 0) is 36.5 Å². The number of nitrogens with zero attached hydrogens (tertiary/aromatic N) is 1. The Balaban J connectivity index is 2.20. The van der Waals surface area contributed by atoms with Gasteiger partial charge in [0.25, 0.3) is 0 Å². The summed E-state index contributed by atoms with van der Waals surface area (Å²) in [7, 11) is 4.09. The molecule has 1 amide bonds. The van der Waals surface area contributed by atoms with Crippen LogP contribution in [0.5, 0.6) is 0 Å². The van der Waals surface area contributed by atoms with E-state index in [0.29, 0.717) is 12.3 Å². The summed E-state index contributed by atoms with van der Waals surface area (Å²) in [6, 6.07) is 8.61. The van der Waals surface area contributed by atoms with Gasteiger partial charge in [0.15, 0.2) is 0 Å². The van der Waals surface area contributed by atoms with Crippen LogP contribution in [0.4, 0.5) is 5.69 Å². The zero-order valence-electron chi connectivity index (χ0n) is 14.0. The van der Waals surface area contributed by atoms with Crippen molar-refractivity contribution in [3.8, 4) is 0 Å². The van der Waals surface area contributed by atoms with Crippen molar-refractivity contribution < 1.29 is 4.79 Å². The first-order valence-corrected chi connectivity index (χ1v) is 8.06. The molecule has 0 aliphatic rings. The molecule has 0 bridgehead atoms. The maximum atomic E-state index is 11.7. The smallest absolute Gasteiger partial charge is 0.220 e. The Labute approximate surface area is 129 Å². The summed E-state index contributed by atoms with van der Waals surface area (Å²) >= 11 is 0. The first-order valence-electron chi connectivity index (χ1n) is 8.06. The molecule has 0 aromatic heterocycles. The number of carbonyl (C=O) groups excluding carboxylic acids is 1. The standard InChI is InChI=1S/C18H30N2O/c1-5-7-15(2)14-18(21)19-13-6-8-16-9-11-17(12-10-16)20(3)4/h9-12,15H,5-8,13-14H2,1-4H3,(H,19,21). The normalized spacial score (nSPS) is 12.0. The number of amides is 1. The lowest BCUT2D eigenvalue weighted by Gasteiger charge is -2.13. The van der Waals surface area contributed by atoms with E-state index in [1.165, 1.54) is 11.3 Å². The summed E-state index contributed by atoms with van der Waals surface area (Å²) in [6.07, 6.45) is 4.95.